The van der Waals surface area contributed by atoms with Gasteiger partial charge in [-0.05, 0) is 22.9 Å². The first-order valence-corrected chi connectivity index (χ1v) is 8.40. The minimum absolute atomic E-state index is 0.0125. The molecule has 1 fully saturated rings. The van der Waals surface area contributed by atoms with E-state index < -0.39 is 0 Å². The van der Waals surface area contributed by atoms with Crippen molar-refractivity contribution < 1.29 is 9.53 Å². The summed E-state index contributed by atoms with van der Waals surface area (Å²) in [5, 5.41) is 11.2. The predicted molar refractivity (Wildman–Crippen MR) is 95.6 cm³/mol. The normalized spacial score (nSPS) is 16.4. The molecule has 1 saturated heterocycles. The number of hydrogen-bond acceptors (Lipinski definition) is 5. The number of benzene rings is 2. The second-order valence-corrected chi connectivity index (χ2v) is 6.16. The number of carbonyl (C=O) groups excluding carboxylic acids is 1. The minimum Gasteiger partial charge on any atom is -0.470 e. The zero-order valence-electron chi connectivity index (χ0n) is 14.0. The lowest BCUT2D eigenvalue weighted by molar-refractivity contribution is 0.0771. The van der Waals surface area contributed by atoms with Gasteiger partial charge in [0.25, 0.3) is 11.8 Å². The maximum absolute atomic E-state index is 12.8. The van der Waals surface area contributed by atoms with E-state index in [9.17, 15) is 4.79 Å². The van der Waals surface area contributed by atoms with Crippen molar-refractivity contribution in [2.75, 3.05) is 13.1 Å². The SMILES string of the molecule is N#Cc1nccnc1OC1CCN(C(=O)c2ccc3ccccc3c2)C1. The second-order valence-electron chi connectivity index (χ2n) is 6.16. The summed E-state index contributed by atoms with van der Waals surface area (Å²) in [5.41, 5.74) is 0.827. The molecule has 26 heavy (non-hydrogen) atoms. The fourth-order valence-electron chi connectivity index (χ4n) is 3.16. The summed E-state index contributed by atoms with van der Waals surface area (Å²) < 4.78 is 5.79. The Balaban J connectivity index is 1.47. The average molecular weight is 344 g/mol. The second kappa shape index (κ2) is 6.81. The van der Waals surface area contributed by atoms with Crippen molar-refractivity contribution in [1.82, 2.24) is 14.9 Å². The molecule has 0 spiro atoms. The molecule has 1 amide bonds. The molecule has 2 heterocycles. The van der Waals surface area contributed by atoms with Gasteiger partial charge in [0.15, 0.2) is 0 Å². The monoisotopic (exact) mass is 344 g/mol. The standard InChI is InChI=1S/C20H16N4O2/c21-12-18-19(23-9-8-22-18)26-17-7-10-24(13-17)20(25)16-6-5-14-3-1-2-4-15(14)11-16/h1-6,8-9,11,17H,7,10,13H2. The summed E-state index contributed by atoms with van der Waals surface area (Å²) in [6.45, 7) is 1.07. The van der Waals surface area contributed by atoms with Crippen LogP contribution < -0.4 is 4.74 Å². The Labute approximate surface area is 150 Å². The van der Waals surface area contributed by atoms with Crippen LogP contribution in [0, 0.1) is 11.3 Å². The van der Waals surface area contributed by atoms with Crippen LogP contribution in [0.25, 0.3) is 10.8 Å². The molecule has 3 aromatic rings. The van der Waals surface area contributed by atoms with Crippen molar-refractivity contribution in [3.05, 3.63) is 66.1 Å². The molecule has 4 rings (SSSR count). The Bertz CT molecular complexity index is 1010. The van der Waals surface area contributed by atoms with Gasteiger partial charge in [-0.2, -0.15) is 5.26 Å². The van der Waals surface area contributed by atoms with Crippen LogP contribution in [0.5, 0.6) is 5.88 Å². The number of ether oxygens (including phenoxy) is 1. The van der Waals surface area contributed by atoms with Crippen molar-refractivity contribution in [3.8, 4) is 11.9 Å². The lowest BCUT2D eigenvalue weighted by Crippen LogP contribution is -2.31. The van der Waals surface area contributed by atoms with Gasteiger partial charge < -0.3 is 9.64 Å². The number of nitriles is 1. The number of carbonyl (C=O) groups is 1. The van der Waals surface area contributed by atoms with Gasteiger partial charge in [0.1, 0.15) is 12.2 Å². The summed E-state index contributed by atoms with van der Waals surface area (Å²) >= 11 is 0. The molecule has 1 atom stereocenters. The van der Waals surface area contributed by atoms with E-state index in [0.29, 0.717) is 25.1 Å². The number of aromatic nitrogens is 2. The zero-order chi connectivity index (χ0) is 17.9. The Morgan fingerprint density at radius 3 is 2.81 bits per heavy atom. The topological polar surface area (TPSA) is 79.1 Å². The summed E-state index contributed by atoms with van der Waals surface area (Å²) in [6, 6.07) is 15.7. The molecule has 0 aliphatic carbocycles. The summed E-state index contributed by atoms with van der Waals surface area (Å²) in [6.07, 6.45) is 3.45. The highest BCUT2D eigenvalue weighted by Crippen LogP contribution is 2.22. The molecule has 1 unspecified atom stereocenters. The number of nitrogens with zero attached hydrogens (tertiary/aromatic N) is 4. The van der Waals surface area contributed by atoms with E-state index in [4.69, 9.17) is 10.00 Å². The van der Waals surface area contributed by atoms with Gasteiger partial charge in [0.05, 0.1) is 6.54 Å². The van der Waals surface area contributed by atoms with Crippen LogP contribution in [-0.4, -0.2) is 40.0 Å². The van der Waals surface area contributed by atoms with Crippen molar-refractivity contribution in [3.63, 3.8) is 0 Å². The summed E-state index contributed by atoms with van der Waals surface area (Å²) in [4.78, 5) is 22.6. The Morgan fingerprint density at radius 2 is 1.96 bits per heavy atom. The lowest BCUT2D eigenvalue weighted by atomic mass is 10.1. The molecule has 128 valence electrons. The largest absolute Gasteiger partial charge is 0.470 e. The van der Waals surface area contributed by atoms with E-state index >= 15 is 0 Å². The van der Waals surface area contributed by atoms with Crippen molar-refractivity contribution in [2.45, 2.75) is 12.5 Å². The number of likely N-dealkylation sites (tertiary alicyclic amines) is 1. The van der Waals surface area contributed by atoms with Gasteiger partial charge >= 0.3 is 0 Å². The van der Waals surface area contributed by atoms with Gasteiger partial charge in [-0.25, -0.2) is 9.97 Å². The molecule has 1 aromatic heterocycles. The van der Waals surface area contributed by atoms with Gasteiger partial charge in [-0.3, -0.25) is 4.79 Å². The summed E-state index contributed by atoms with van der Waals surface area (Å²) in [5.74, 6) is 0.210. The lowest BCUT2D eigenvalue weighted by Gasteiger charge is -2.17. The first-order chi connectivity index (χ1) is 12.7. The van der Waals surface area contributed by atoms with Crippen molar-refractivity contribution in [1.29, 1.82) is 5.26 Å². The van der Waals surface area contributed by atoms with Crippen LogP contribution >= 0.6 is 0 Å². The third-order valence-corrected chi connectivity index (χ3v) is 4.48. The third-order valence-electron chi connectivity index (χ3n) is 4.48. The smallest absolute Gasteiger partial charge is 0.254 e. The van der Waals surface area contributed by atoms with Crippen LogP contribution in [0.3, 0.4) is 0 Å². The number of amides is 1. The molecule has 1 aliphatic heterocycles. The number of rotatable bonds is 3. The van der Waals surface area contributed by atoms with E-state index in [1.807, 2.05) is 48.5 Å². The molecule has 2 aromatic carbocycles. The highest BCUT2D eigenvalue weighted by Gasteiger charge is 2.29. The van der Waals surface area contributed by atoms with Gasteiger partial charge in [0, 0.05) is 30.9 Å². The quantitative estimate of drug-likeness (QED) is 0.730. The van der Waals surface area contributed by atoms with Crippen LogP contribution in [0.15, 0.2) is 54.9 Å². The zero-order valence-corrected chi connectivity index (χ0v) is 14.0. The Morgan fingerprint density at radius 1 is 1.15 bits per heavy atom. The van der Waals surface area contributed by atoms with E-state index in [1.165, 1.54) is 12.4 Å². The highest BCUT2D eigenvalue weighted by atomic mass is 16.5. The van der Waals surface area contributed by atoms with Gasteiger partial charge in [-0.1, -0.05) is 30.3 Å². The number of fused-ring (bicyclic) bond motifs is 1. The first-order valence-electron chi connectivity index (χ1n) is 8.40. The third kappa shape index (κ3) is 3.07. The fraction of sp³-hybridized carbons (Fsp3) is 0.200. The fourth-order valence-corrected chi connectivity index (χ4v) is 3.16. The maximum Gasteiger partial charge on any atom is 0.254 e. The molecule has 6 heteroatoms. The van der Waals surface area contributed by atoms with E-state index in [0.717, 1.165) is 10.8 Å². The minimum atomic E-state index is -0.191. The predicted octanol–water partition coefficient (Wildman–Crippen LogP) is 2.79. The number of hydrogen-bond donors (Lipinski definition) is 0. The summed E-state index contributed by atoms with van der Waals surface area (Å²) in [7, 11) is 0. The van der Waals surface area contributed by atoms with E-state index in [-0.39, 0.29) is 23.6 Å². The first kappa shape index (κ1) is 16.0. The molecule has 0 radical (unpaired) electrons. The molecule has 0 N–H and O–H groups in total. The maximum atomic E-state index is 12.8. The highest BCUT2D eigenvalue weighted by molar-refractivity contribution is 5.98. The molecule has 0 saturated carbocycles. The van der Waals surface area contributed by atoms with E-state index in [2.05, 4.69) is 9.97 Å². The molecular weight excluding hydrogens is 328 g/mol. The van der Waals surface area contributed by atoms with Crippen LogP contribution in [0.4, 0.5) is 0 Å². The van der Waals surface area contributed by atoms with Crippen LogP contribution in [0.2, 0.25) is 0 Å². The molecule has 6 nitrogen and oxygen atoms in total. The Hall–Kier alpha value is -3.46. The van der Waals surface area contributed by atoms with Gasteiger partial charge in [-0.15, -0.1) is 0 Å². The van der Waals surface area contributed by atoms with Crippen LogP contribution in [-0.2, 0) is 0 Å². The average Bonchev–Trinajstić information content (AvgIpc) is 3.16. The van der Waals surface area contributed by atoms with Crippen LogP contribution in [0.1, 0.15) is 22.5 Å². The Kier molecular flexibility index (Phi) is 4.20. The van der Waals surface area contributed by atoms with Crippen molar-refractivity contribution >= 4 is 16.7 Å². The van der Waals surface area contributed by atoms with E-state index in [1.54, 1.807) is 4.90 Å². The van der Waals surface area contributed by atoms with Gasteiger partial charge in [0.2, 0.25) is 5.69 Å². The molecular formula is C20H16N4O2. The van der Waals surface area contributed by atoms with Crippen molar-refractivity contribution in [2.24, 2.45) is 0 Å². The molecule has 1 aliphatic rings. The molecule has 0 bridgehead atoms.